The first kappa shape index (κ1) is 12.1. The van der Waals surface area contributed by atoms with Gasteiger partial charge in [-0.3, -0.25) is 0 Å². The average Bonchev–Trinajstić information content (AvgIpc) is 2.79. The van der Waals surface area contributed by atoms with E-state index in [1.54, 1.807) is 0 Å². The van der Waals surface area contributed by atoms with Gasteiger partial charge in [-0.1, -0.05) is 47.0 Å². The molecule has 0 nitrogen and oxygen atoms in total. The lowest BCUT2D eigenvalue weighted by Gasteiger charge is -2.16. The van der Waals surface area contributed by atoms with Gasteiger partial charge in [0, 0.05) is 0 Å². The van der Waals surface area contributed by atoms with Crippen LogP contribution in [0.2, 0.25) is 0 Å². The van der Waals surface area contributed by atoms with Crippen molar-refractivity contribution in [2.75, 3.05) is 0 Å². The van der Waals surface area contributed by atoms with Crippen LogP contribution in [0.4, 0.5) is 0 Å². The largest absolute Gasteiger partial charge is 0.0654 e. The van der Waals surface area contributed by atoms with Crippen molar-refractivity contribution in [3.05, 3.63) is 0 Å². The minimum absolute atomic E-state index is 0.951. The van der Waals surface area contributed by atoms with Gasteiger partial charge in [0.15, 0.2) is 0 Å². The van der Waals surface area contributed by atoms with Gasteiger partial charge in [0.2, 0.25) is 0 Å². The van der Waals surface area contributed by atoms with Crippen molar-refractivity contribution >= 4 is 0 Å². The third-order valence-electron chi connectivity index (χ3n) is 3.89. The van der Waals surface area contributed by atoms with Crippen molar-refractivity contribution < 1.29 is 0 Å². The molecule has 0 heterocycles. The van der Waals surface area contributed by atoms with Crippen LogP contribution in [-0.4, -0.2) is 0 Å². The summed E-state index contributed by atoms with van der Waals surface area (Å²) in [6.07, 6.45) is 8.72. The smallest absolute Gasteiger partial charge is 0.0386 e. The molecule has 84 valence electrons. The predicted octanol–water partition coefficient (Wildman–Crippen LogP) is 4.89. The molecule has 0 spiro atoms. The number of rotatable bonds is 7. The summed E-state index contributed by atoms with van der Waals surface area (Å²) in [5.74, 6) is 4.06. The van der Waals surface area contributed by atoms with Crippen molar-refractivity contribution in [3.8, 4) is 0 Å². The van der Waals surface area contributed by atoms with Gasteiger partial charge in [-0.25, -0.2) is 0 Å². The topological polar surface area (TPSA) is 0 Å². The Balaban J connectivity index is 2.00. The fourth-order valence-corrected chi connectivity index (χ4v) is 2.72. The van der Waals surface area contributed by atoms with Crippen molar-refractivity contribution in [3.63, 3.8) is 0 Å². The molecule has 1 saturated carbocycles. The fourth-order valence-electron chi connectivity index (χ4n) is 2.72. The Morgan fingerprint density at radius 3 is 2.21 bits per heavy atom. The van der Waals surface area contributed by atoms with Crippen LogP contribution in [0.3, 0.4) is 0 Å². The van der Waals surface area contributed by atoms with Gasteiger partial charge >= 0.3 is 0 Å². The maximum atomic E-state index is 2.44. The van der Waals surface area contributed by atoms with Crippen LogP contribution in [0.5, 0.6) is 0 Å². The Bertz CT molecular complexity index is 150. The third-order valence-corrected chi connectivity index (χ3v) is 3.89. The molecule has 1 fully saturated rings. The van der Waals surface area contributed by atoms with E-state index in [9.17, 15) is 0 Å². The third kappa shape index (κ3) is 4.48. The highest BCUT2D eigenvalue weighted by Crippen LogP contribution is 2.42. The molecule has 1 rings (SSSR count). The highest BCUT2D eigenvalue weighted by molar-refractivity contribution is 4.82. The summed E-state index contributed by atoms with van der Waals surface area (Å²) in [5, 5.41) is 0. The summed E-state index contributed by atoms with van der Waals surface area (Å²) in [6, 6.07) is 0. The summed E-state index contributed by atoms with van der Waals surface area (Å²) >= 11 is 0. The molecular weight excluding hydrogens is 168 g/mol. The fraction of sp³-hybridized carbons (Fsp3) is 1.00. The zero-order valence-corrected chi connectivity index (χ0v) is 10.6. The molecule has 0 aromatic rings. The normalized spacial score (nSPS) is 30.0. The molecule has 0 amide bonds. The van der Waals surface area contributed by atoms with E-state index in [2.05, 4.69) is 27.7 Å². The quantitative estimate of drug-likeness (QED) is 0.544. The molecule has 4 unspecified atom stereocenters. The second-order valence-electron chi connectivity index (χ2n) is 5.79. The molecule has 14 heavy (non-hydrogen) atoms. The summed E-state index contributed by atoms with van der Waals surface area (Å²) in [7, 11) is 0. The SMILES string of the molecule is CCCC(C)CC(C)CCC1CC1C. The molecule has 0 saturated heterocycles. The zero-order chi connectivity index (χ0) is 10.6. The number of hydrogen-bond donors (Lipinski definition) is 0. The van der Waals surface area contributed by atoms with E-state index in [0.717, 1.165) is 23.7 Å². The second kappa shape index (κ2) is 5.78. The minimum atomic E-state index is 0.951. The lowest BCUT2D eigenvalue weighted by molar-refractivity contribution is 0.361. The standard InChI is InChI=1S/C14H28/c1-5-6-11(2)9-12(3)7-8-14-10-13(14)4/h11-14H,5-10H2,1-4H3. The van der Waals surface area contributed by atoms with Gasteiger partial charge < -0.3 is 0 Å². The molecule has 0 aliphatic heterocycles. The van der Waals surface area contributed by atoms with Crippen LogP contribution in [0, 0.1) is 23.7 Å². The van der Waals surface area contributed by atoms with E-state index in [0.29, 0.717) is 0 Å². The molecular formula is C14H28. The highest BCUT2D eigenvalue weighted by atomic mass is 14.4. The van der Waals surface area contributed by atoms with E-state index >= 15 is 0 Å². The molecule has 0 bridgehead atoms. The van der Waals surface area contributed by atoms with E-state index in [1.807, 2.05) is 0 Å². The molecule has 0 N–H and O–H groups in total. The maximum Gasteiger partial charge on any atom is -0.0386 e. The zero-order valence-electron chi connectivity index (χ0n) is 10.6. The summed E-state index contributed by atoms with van der Waals surface area (Å²) in [6.45, 7) is 9.56. The van der Waals surface area contributed by atoms with Crippen LogP contribution in [0.25, 0.3) is 0 Å². The molecule has 1 aliphatic rings. The second-order valence-corrected chi connectivity index (χ2v) is 5.79. The maximum absolute atomic E-state index is 2.44. The molecule has 0 aromatic carbocycles. The Hall–Kier alpha value is 0. The Morgan fingerprint density at radius 1 is 1.14 bits per heavy atom. The van der Waals surface area contributed by atoms with E-state index < -0.39 is 0 Å². The van der Waals surface area contributed by atoms with Gasteiger partial charge in [-0.05, 0) is 42.9 Å². The first-order valence-corrected chi connectivity index (χ1v) is 6.63. The van der Waals surface area contributed by atoms with Crippen molar-refractivity contribution in [1.82, 2.24) is 0 Å². The van der Waals surface area contributed by atoms with Crippen LogP contribution < -0.4 is 0 Å². The van der Waals surface area contributed by atoms with E-state index in [4.69, 9.17) is 0 Å². The van der Waals surface area contributed by atoms with Crippen LogP contribution in [0.1, 0.15) is 66.2 Å². The molecule has 4 atom stereocenters. The monoisotopic (exact) mass is 196 g/mol. The van der Waals surface area contributed by atoms with Gasteiger partial charge in [0.05, 0.1) is 0 Å². The van der Waals surface area contributed by atoms with E-state index in [1.165, 1.54) is 38.5 Å². The van der Waals surface area contributed by atoms with Gasteiger partial charge in [-0.2, -0.15) is 0 Å². The van der Waals surface area contributed by atoms with Gasteiger partial charge in [-0.15, -0.1) is 0 Å². The Labute approximate surface area is 90.5 Å². The first-order valence-electron chi connectivity index (χ1n) is 6.63. The number of hydrogen-bond acceptors (Lipinski definition) is 0. The lowest BCUT2D eigenvalue weighted by Crippen LogP contribution is -2.03. The molecule has 1 aliphatic carbocycles. The summed E-state index contributed by atoms with van der Waals surface area (Å²) in [5.41, 5.74) is 0. The Morgan fingerprint density at radius 2 is 1.71 bits per heavy atom. The van der Waals surface area contributed by atoms with Crippen molar-refractivity contribution in [1.29, 1.82) is 0 Å². The first-order chi connectivity index (χ1) is 6.63. The lowest BCUT2D eigenvalue weighted by atomic mass is 9.90. The average molecular weight is 196 g/mol. The van der Waals surface area contributed by atoms with Crippen molar-refractivity contribution in [2.24, 2.45) is 23.7 Å². The van der Waals surface area contributed by atoms with Gasteiger partial charge in [0.1, 0.15) is 0 Å². The molecule has 0 aromatic heterocycles. The summed E-state index contributed by atoms with van der Waals surface area (Å²) < 4.78 is 0. The highest BCUT2D eigenvalue weighted by Gasteiger charge is 2.31. The minimum Gasteiger partial charge on any atom is -0.0654 e. The van der Waals surface area contributed by atoms with Crippen LogP contribution in [-0.2, 0) is 0 Å². The van der Waals surface area contributed by atoms with Gasteiger partial charge in [0.25, 0.3) is 0 Å². The predicted molar refractivity (Wildman–Crippen MR) is 64.4 cm³/mol. The van der Waals surface area contributed by atoms with Crippen LogP contribution >= 0.6 is 0 Å². The summed E-state index contributed by atoms with van der Waals surface area (Å²) in [4.78, 5) is 0. The van der Waals surface area contributed by atoms with Crippen LogP contribution in [0.15, 0.2) is 0 Å². The van der Waals surface area contributed by atoms with E-state index in [-0.39, 0.29) is 0 Å². The Kier molecular flexibility index (Phi) is 4.98. The molecule has 0 radical (unpaired) electrons. The molecule has 0 heteroatoms. The van der Waals surface area contributed by atoms with Crippen molar-refractivity contribution in [2.45, 2.75) is 66.2 Å².